The summed E-state index contributed by atoms with van der Waals surface area (Å²) in [4.78, 5) is 10.1. The van der Waals surface area contributed by atoms with Crippen LogP contribution in [0.25, 0.3) is 0 Å². The van der Waals surface area contributed by atoms with Crippen molar-refractivity contribution in [1.82, 2.24) is 5.32 Å². The van der Waals surface area contributed by atoms with Crippen LogP contribution in [0.15, 0.2) is 0 Å². The second kappa shape index (κ2) is 4.89. The molecule has 0 radical (unpaired) electrons. The zero-order valence-corrected chi connectivity index (χ0v) is 6.67. The summed E-state index contributed by atoms with van der Waals surface area (Å²) in [6.45, 7) is 1.98. The standard InChI is InChI=1S/C5H9Cl2NO/c1-2-3-4(6)8-5(7)9/h4H,2-3H2,1H3,(H,8,9). The number of hydrogen-bond donors (Lipinski definition) is 1. The van der Waals surface area contributed by atoms with Crippen molar-refractivity contribution >= 4 is 28.6 Å². The largest absolute Gasteiger partial charge is 0.326 e. The van der Waals surface area contributed by atoms with E-state index in [-0.39, 0.29) is 5.50 Å². The van der Waals surface area contributed by atoms with Crippen LogP contribution in [0.5, 0.6) is 0 Å². The lowest BCUT2D eigenvalue weighted by Crippen LogP contribution is -2.25. The summed E-state index contributed by atoms with van der Waals surface area (Å²) in [5.74, 6) is 0. The Morgan fingerprint density at radius 1 is 1.78 bits per heavy atom. The molecule has 0 rings (SSSR count). The van der Waals surface area contributed by atoms with Gasteiger partial charge in [0.05, 0.1) is 0 Å². The molecule has 1 atom stereocenters. The first-order valence-electron chi connectivity index (χ1n) is 2.77. The molecule has 0 aromatic rings. The Balaban J connectivity index is 3.26. The maximum atomic E-state index is 10.1. The topological polar surface area (TPSA) is 29.1 Å². The van der Waals surface area contributed by atoms with Crippen molar-refractivity contribution in [3.63, 3.8) is 0 Å². The molecule has 0 heterocycles. The van der Waals surface area contributed by atoms with Crippen molar-refractivity contribution in [2.75, 3.05) is 0 Å². The van der Waals surface area contributed by atoms with E-state index in [1.807, 2.05) is 6.92 Å². The Labute approximate surface area is 64.5 Å². The molecule has 0 spiro atoms. The average Bonchev–Trinajstić information content (AvgIpc) is 1.63. The van der Waals surface area contributed by atoms with E-state index in [0.29, 0.717) is 0 Å². The van der Waals surface area contributed by atoms with E-state index in [4.69, 9.17) is 23.2 Å². The molecule has 0 aliphatic carbocycles. The second-order valence-electron chi connectivity index (χ2n) is 1.67. The van der Waals surface area contributed by atoms with Gasteiger partial charge in [0.15, 0.2) is 0 Å². The summed E-state index contributed by atoms with van der Waals surface area (Å²) in [6, 6.07) is 0. The van der Waals surface area contributed by atoms with Crippen LogP contribution in [-0.4, -0.2) is 10.9 Å². The van der Waals surface area contributed by atoms with Crippen molar-refractivity contribution in [3.8, 4) is 0 Å². The lowest BCUT2D eigenvalue weighted by Gasteiger charge is -2.05. The molecule has 0 saturated carbocycles. The molecule has 9 heavy (non-hydrogen) atoms. The molecule has 1 amide bonds. The molecule has 0 aliphatic rings. The third-order valence-electron chi connectivity index (χ3n) is 0.812. The molecule has 0 bridgehead atoms. The normalized spacial score (nSPS) is 12.8. The van der Waals surface area contributed by atoms with Gasteiger partial charge in [-0.2, -0.15) is 0 Å². The van der Waals surface area contributed by atoms with Crippen LogP contribution >= 0.6 is 23.2 Å². The lowest BCUT2D eigenvalue weighted by molar-refractivity contribution is 0.258. The number of rotatable bonds is 3. The molecule has 0 aromatic heterocycles. The van der Waals surface area contributed by atoms with Crippen molar-refractivity contribution in [2.45, 2.75) is 25.3 Å². The van der Waals surface area contributed by atoms with E-state index in [2.05, 4.69) is 5.32 Å². The number of hydrogen-bond acceptors (Lipinski definition) is 1. The molecule has 4 heteroatoms. The number of nitrogens with one attached hydrogen (secondary N) is 1. The predicted molar refractivity (Wildman–Crippen MR) is 38.9 cm³/mol. The lowest BCUT2D eigenvalue weighted by atomic mass is 10.3. The van der Waals surface area contributed by atoms with Crippen LogP contribution in [0.1, 0.15) is 19.8 Å². The first kappa shape index (κ1) is 9.05. The minimum Gasteiger partial charge on any atom is -0.326 e. The zero-order valence-electron chi connectivity index (χ0n) is 5.16. The smallest absolute Gasteiger partial charge is 0.314 e. The predicted octanol–water partition coefficient (Wildman–Crippen LogP) is 2.30. The van der Waals surface area contributed by atoms with Crippen molar-refractivity contribution in [3.05, 3.63) is 0 Å². The molecule has 1 N–H and O–H groups in total. The Morgan fingerprint density at radius 3 is 2.67 bits per heavy atom. The van der Waals surface area contributed by atoms with Crippen molar-refractivity contribution in [2.24, 2.45) is 0 Å². The van der Waals surface area contributed by atoms with Gasteiger partial charge in [0.25, 0.3) is 0 Å². The summed E-state index contributed by atoms with van der Waals surface area (Å²) >= 11 is 10.5. The van der Waals surface area contributed by atoms with Gasteiger partial charge < -0.3 is 5.32 Å². The highest BCUT2D eigenvalue weighted by molar-refractivity contribution is 6.63. The van der Waals surface area contributed by atoms with E-state index < -0.39 is 5.37 Å². The SMILES string of the molecule is CCCC(Cl)NC(=O)Cl. The molecule has 0 fully saturated rings. The Morgan fingerprint density at radius 2 is 2.33 bits per heavy atom. The highest BCUT2D eigenvalue weighted by Crippen LogP contribution is 2.01. The van der Waals surface area contributed by atoms with Gasteiger partial charge in [0.2, 0.25) is 0 Å². The summed E-state index contributed by atoms with van der Waals surface area (Å²) in [7, 11) is 0. The highest BCUT2D eigenvalue weighted by Gasteiger charge is 2.03. The Bertz CT molecular complexity index is 97.0. The van der Waals surface area contributed by atoms with Gasteiger partial charge in [-0.05, 0) is 18.0 Å². The van der Waals surface area contributed by atoms with Gasteiger partial charge in [0.1, 0.15) is 5.50 Å². The van der Waals surface area contributed by atoms with E-state index >= 15 is 0 Å². The van der Waals surface area contributed by atoms with Crippen molar-refractivity contribution < 1.29 is 4.79 Å². The highest BCUT2D eigenvalue weighted by atomic mass is 35.5. The zero-order chi connectivity index (χ0) is 7.28. The van der Waals surface area contributed by atoms with Crippen LogP contribution in [0.3, 0.4) is 0 Å². The maximum absolute atomic E-state index is 10.1. The summed E-state index contributed by atoms with van der Waals surface area (Å²) < 4.78 is 0. The van der Waals surface area contributed by atoms with Gasteiger partial charge in [-0.1, -0.05) is 24.9 Å². The van der Waals surface area contributed by atoms with Gasteiger partial charge >= 0.3 is 5.37 Å². The minimum absolute atomic E-state index is 0.319. The number of alkyl halides is 1. The quantitative estimate of drug-likeness (QED) is 0.393. The van der Waals surface area contributed by atoms with Crippen LogP contribution in [-0.2, 0) is 0 Å². The molecule has 54 valence electrons. The van der Waals surface area contributed by atoms with Crippen molar-refractivity contribution in [1.29, 1.82) is 0 Å². The van der Waals surface area contributed by atoms with Gasteiger partial charge in [-0.25, -0.2) is 0 Å². The molecular weight excluding hydrogens is 161 g/mol. The fourth-order valence-electron chi connectivity index (χ4n) is 0.449. The van der Waals surface area contributed by atoms with E-state index in [1.165, 1.54) is 0 Å². The molecular formula is C5H9Cl2NO. The third-order valence-corrected chi connectivity index (χ3v) is 1.25. The van der Waals surface area contributed by atoms with E-state index in [9.17, 15) is 4.79 Å². The van der Waals surface area contributed by atoms with E-state index in [1.54, 1.807) is 0 Å². The van der Waals surface area contributed by atoms with Crippen LogP contribution in [0.4, 0.5) is 4.79 Å². The summed E-state index contributed by atoms with van der Waals surface area (Å²) in [5, 5.41) is 1.74. The molecule has 0 aromatic carbocycles. The molecule has 1 unspecified atom stereocenters. The number of carbonyl (C=O) groups excluding carboxylic acids is 1. The third kappa shape index (κ3) is 5.93. The minimum atomic E-state index is -0.594. The fourth-order valence-corrected chi connectivity index (χ4v) is 0.954. The Kier molecular flexibility index (Phi) is 4.91. The second-order valence-corrected chi connectivity index (χ2v) is 2.54. The number of halogens is 2. The first-order chi connectivity index (χ1) is 4.16. The van der Waals surface area contributed by atoms with Crippen LogP contribution in [0, 0.1) is 0 Å². The summed E-state index contributed by atoms with van der Waals surface area (Å²) in [5.41, 5.74) is -0.319. The van der Waals surface area contributed by atoms with E-state index in [0.717, 1.165) is 12.8 Å². The Hall–Kier alpha value is 0.0500. The van der Waals surface area contributed by atoms with Gasteiger partial charge in [-0.15, -0.1) is 0 Å². The molecule has 0 saturated heterocycles. The van der Waals surface area contributed by atoms with Gasteiger partial charge in [-0.3, -0.25) is 4.79 Å². The number of amides is 1. The molecule has 2 nitrogen and oxygen atoms in total. The van der Waals surface area contributed by atoms with Crippen LogP contribution < -0.4 is 5.32 Å². The average molecular weight is 170 g/mol. The maximum Gasteiger partial charge on any atom is 0.314 e. The summed E-state index contributed by atoms with van der Waals surface area (Å²) in [6.07, 6.45) is 1.69. The monoisotopic (exact) mass is 169 g/mol. The fraction of sp³-hybridized carbons (Fsp3) is 0.800. The molecule has 0 aliphatic heterocycles. The van der Waals surface area contributed by atoms with Crippen LogP contribution in [0.2, 0.25) is 0 Å². The number of carbonyl (C=O) groups is 1. The van der Waals surface area contributed by atoms with Gasteiger partial charge in [0, 0.05) is 0 Å². The first-order valence-corrected chi connectivity index (χ1v) is 3.58.